The summed E-state index contributed by atoms with van der Waals surface area (Å²) in [6, 6.07) is 11.4. The quantitative estimate of drug-likeness (QED) is 0.667. The van der Waals surface area contributed by atoms with Gasteiger partial charge >= 0.3 is 6.61 Å². The van der Waals surface area contributed by atoms with E-state index in [4.69, 9.17) is 0 Å². The van der Waals surface area contributed by atoms with Gasteiger partial charge in [0, 0.05) is 17.8 Å². The van der Waals surface area contributed by atoms with Crippen molar-refractivity contribution in [3.05, 3.63) is 54.5 Å². The summed E-state index contributed by atoms with van der Waals surface area (Å²) < 4.78 is 30.8. The van der Waals surface area contributed by atoms with Crippen LogP contribution in [0.15, 0.2) is 48.7 Å². The summed E-state index contributed by atoms with van der Waals surface area (Å²) in [5.74, 6) is 1.19. The van der Waals surface area contributed by atoms with E-state index in [9.17, 15) is 13.6 Å². The number of likely N-dealkylation sites (tertiary alicyclic amines) is 1. The van der Waals surface area contributed by atoms with Gasteiger partial charge in [0.1, 0.15) is 11.6 Å². The Morgan fingerprint density at radius 2 is 1.87 bits per heavy atom. The molecule has 0 aliphatic carbocycles. The number of nitrogens with zero attached hydrogens (tertiary/aromatic N) is 4. The van der Waals surface area contributed by atoms with Gasteiger partial charge < -0.3 is 10.1 Å². The molecule has 4 rings (SSSR count). The van der Waals surface area contributed by atoms with Crippen molar-refractivity contribution in [1.82, 2.24) is 19.5 Å². The molecule has 1 aliphatic heterocycles. The van der Waals surface area contributed by atoms with Crippen LogP contribution in [0.5, 0.6) is 5.75 Å². The first-order valence-corrected chi connectivity index (χ1v) is 9.90. The molecule has 1 N–H and O–H groups in total. The van der Waals surface area contributed by atoms with E-state index in [1.807, 2.05) is 35.7 Å². The van der Waals surface area contributed by atoms with Crippen molar-refractivity contribution in [2.45, 2.75) is 38.3 Å². The molecule has 1 amide bonds. The third-order valence-electron chi connectivity index (χ3n) is 5.51. The van der Waals surface area contributed by atoms with Crippen LogP contribution >= 0.6 is 0 Å². The molecule has 7 nitrogen and oxygen atoms in total. The number of piperidine rings is 1. The molecule has 158 valence electrons. The van der Waals surface area contributed by atoms with E-state index in [0.29, 0.717) is 11.6 Å². The van der Waals surface area contributed by atoms with E-state index < -0.39 is 6.61 Å². The number of carbonyl (C=O) groups excluding carboxylic acids is 1. The lowest BCUT2D eigenvalue weighted by molar-refractivity contribution is -0.121. The van der Waals surface area contributed by atoms with Crippen LogP contribution in [0.1, 0.15) is 31.5 Å². The number of carbonyl (C=O) groups is 1. The molecule has 1 atom stereocenters. The smallest absolute Gasteiger partial charge is 0.387 e. The standard InChI is InChI=1S/C21H23F2N5O2/c1-14(20(29)24-16-5-7-17(8-6-16)30-21(22)23)27-12-9-15(10-13-27)19-26-25-18-4-2-3-11-28(18)19/h2-8,11,14-15,21H,9-10,12-13H2,1H3,(H,24,29). The first kappa shape index (κ1) is 20.2. The van der Waals surface area contributed by atoms with Crippen LogP contribution in [0.25, 0.3) is 5.65 Å². The highest BCUT2D eigenvalue weighted by Crippen LogP contribution is 2.28. The Morgan fingerprint density at radius 1 is 1.13 bits per heavy atom. The van der Waals surface area contributed by atoms with Crippen molar-refractivity contribution < 1.29 is 18.3 Å². The number of rotatable bonds is 6. The Balaban J connectivity index is 1.32. The highest BCUT2D eigenvalue weighted by Gasteiger charge is 2.29. The van der Waals surface area contributed by atoms with Gasteiger partial charge in [-0.3, -0.25) is 14.1 Å². The molecule has 0 spiro atoms. The van der Waals surface area contributed by atoms with Crippen molar-refractivity contribution in [2.75, 3.05) is 18.4 Å². The van der Waals surface area contributed by atoms with Gasteiger partial charge in [0.25, 0.3) is 0 Å². The van der Waals surface area contributed by atoms with Gasteiger partial charge in [0.2, 0.25) is 5.91 Å². The number of fused-ring (bicyclic) bond motifs is 1. The van der Waals surface area contributed by atoms with Crippen LogP contribution in [0.2, 0.25) is 0 Å². The SMILES string of the molecule is CC(C(=O)Nc1ccc(OC(F)F)cc1)N1CCC(c2nnc3ccccn23)CC1. The summed E-state index contributed by atoms with van der Waals surface area (Å²) in [4.78, 5) is 14.8. The van der Waals surface area contributed by atoms with Gasteiger partial charge in [0.15, 0.2) is 5.65 Å². The molecule has 0 radical (unpaired) electrons. The van der Waals surface area contributed by atoms with E-state index in [1.54, 1.807) is 12.1 Å². The number of pyridine rings is 1. The average Bonchev–Trinajstić information content (AvgIpc) is 3.18. The number of anilines is 1. The second-order valence-electron chi connectivity index (χ2n) is 7.37. The number of nitrogens with one attached hydrogen (secondary N) is 1. The van der Waals surface area contributed by atoms with Crippen molar-refractivity contribution in [3.63, 3.8) is 0 Å². The molecule has 1 unspecified atom stereocenters. The minimum Gasteiger partial charge on any atom is -0.435 e. The predicted molar refractivity (Wildman–Crippen MR) is 108 cm³/mol. The van der Waals surface area contributed by atoms with Gasteiger partial charge in [-0.15, -0.1) is 10.2 Å². The zero-order valence-corrected chi connectivity index (χ0v) is 16.5. The summed E-state index contributed by atoms with van der Waals surface area (Å²) in [5.41, 5.74) is 1.38. The number of hydrogen-bond acceptors (Lipinski definition) is 5. The number of benzene rings is 1. The summed E-state index contributed by atoms with van der Waals surface area (Å²) >= 11 is 0. The number of amides is 1. The number of ether oxygens (including phenoxy) is 1. The summed E-state index contributed by atoms with van der Waals surface area (Å²) in [5, 5.41) is 11.4. The first-order chi connectivity index (χ1) is 14.5. The van der Waals surface area contributed by atoms with Crippen molar-refractivity contribution >= 4 is 17.2 Å². The van der Waals surface area contributed by atoms with Gasteiger partial charge in [-0.1, -0.05) is 6.07 Å². The van der Waals surface area contributed by atoms with Gasteiger partial charge in [0.05, 0.1) is 6.04 Å². The number of aromatic nitrogens is 3. The zero-order chi connectivity index (χ0) is 21.1. The van der Waals surface area contributed by atoms with Crippen molar-refractivity contribution in [1.29, 1.82) is 0 Å². The van der Waals surface area contributed by atoms with Crippen LogP contribution < -0.4 is 10.1 Å². The van der Waals surface area contributed by atoms with E-state index in [0.717, 1.165) is 37.4 Å². The normalized spacial score (nSPS) is 16.7. The summed E-state index contributed by atoms with van der Waals surface area (Å²) in [6.07, 6.45) is 3.77. The first-order valence-electron chi connectivity index (χ1n) is 9.90. The Bertz CT molecular complexity index is 1000. The van der Waals surface area contributed by atoms with E-state index in [2.05, 4.69) is 25.2 Å². The maximum Gasteiger partial charge on any atom is 0.387 e. The number of alkyl halides is 2. The molecule has 9 heteroatoms. The Labute approximate surface area is 172 Å². The fourth-order valence-electron chi connectivity index (χ4n) is 3.82. The van der Waals surface area contributed by atoms with Crippen LogP contribution in [0.3, 0.4) is 0 Å². The van der Waals surface area contributed by atoms with Gasteiger partial charge in [-0.25, -0.2) is 0 Å². The number of hydrogen-bond donors (Lipinski definition) is 1. The highest BCUT2D eigenvalue weighted by atomic mass is 19.3. The Morgan fingerprint density at radius 3 is 2.57 bits per heavy atom. The van der Waals surface area contributed by atoms with Crippen LogP contribution in [0, 0.1) is 0 Å². The second-order valence-corrected chi connectivity index (χ2v) is 7.37. The second kappa shape index (κ2) is 8.74. The highest BCUT2D eigenvalue weighted by molar-refractivity contribution is 5.94. The molecular weight excluding hydrogens is 392 g/mol. The fourth-order valence-corrected chi connectivity index (χ4v) is 3.82. The molecule has 0 bridgehead atoms. The molecule has 1 saturated heterocycles. The lowest BCUT2D eigenvalue weighted by atomic mass is 9.95. The van der Waals surface area contributed by atoms with E-state index in [-0.39, 0.29) is 17.7 Å². The number of halogens is 2. The largest absolute Gasteiger partial charge is 0.435 e. The predicted octanol–water partition coefficient (Wildman–Crippen LogP) is 3.54. The molecule has 1 aromatic carbocycles. The van der Waals surface area contributed by atoms with Gasteiger partial charge in [-0.05, 0) is 69.3 Å². The fraction of sp³-hybridized carbons (Fsp3) is 0.381. The minimum absolute atomic E-state index is 0.0547. The molecule has 30 heavy (non-hydrogen) atoms. The average molecular weight is 415 g/mol. The van der Waals surface area contributed by atoms with Crippen molar-refractivity contribution in [3.8, 4) is 5.75 Å². The molecule has 0 saturated carbocycles. The van der Waals surface area contributed by atoms with Crippen LogP contribution in [-0.4, -0.2) is 51.1 Å². The molecule has 2 aromatic heterocycles. The molecule has 3 heterocycles. The third kappa shape index (κ3) is 4.40. The molecule has 1 fully saturated rings. The summed E-state index contributed by atoms with van der Waals surface area (Å²) in [7, 11) is 0. The van der Waals surface area contributed by atoms with Crippen molar-refractivity contribution in [2.24, 2.45) is 0 Å². The molecule has 3 aromatic rings. The summed E-state index contributed by atoms with van der Waals surface area (Å²) in [6.45, 7) is 0.560. The maximum absolute atomic E-state index is 12.6. The lowest BCUT2D eigenvalue weighted by Gasteiger charge is -2.34. The van der Waals surface area contributed by atoms with Crippen LogP contribution in [0.4, 0.5) is 14.5 Å². The van der Waals surface area contributed by atoms with Crippen LogP contribution in [-0.2, 0) is 4.79 Å². The van der Waals surface area contributed by atoms with Gasteiger partial charge in [-0.2, -0.15) is 8.78 Å². The lowest BCUT2D eigenvalue weighted by Crippen LogP contribution is -2.45. The minimum atomic E-state index is -2.87. The zero-order valence-electron chi connectivity index (χ0n) is 16.5. The maximum atomic E-state index is 12.6. The van der Waals surface area contributed by atoms with E-state index in [1.165, 1.54) is 12.1 Å². The Hall–Kier alpha value is -3.07. The topological polar surface area (TPSA) is 71.8 Å². The molecule has 1 aliphatic rings. The molecular formula is C21H23F2N5O2. The Kier molecular flexibility index (Phi) is 5.89. The van der Waals surface area contributed by atoms with E-state index >= 15 is 0 Å². The monoisotopic (exact) mass is 415 g/mol. The third-order valence-corrected chi connectivity index (χ3v) is 5.51.